The Morgan fingerprint density at radius 1 is 1.65 bits per heavy atom. The molecule has 2 atom stereocenters. The fourth-order valence-corrected chi connectivity index (χ4v) is 2.50. The highest BCUT2D eigenvalue weighted by Gasteiger charge is 2.10. The Kier molecular flexibility index (Phi) is 3.58. The molecule has 0 aromatic carbocycles. The van der Waals surface area contributed by atoms with Gasteiger partial charge in [0.1, 0.15) is 17.3 Å². The Balaban J connectivity index is 2.28. The molecule has 0 amide bonds. The first-order valence-electron chi connectivity index (χ1n) is 4.99. The van der Waals surface area contributed by atoms with E-state index in [4.69, 9.17) is 11.6 Å². The number of aromatic nitrogens is 4. The molecule has 2 aromatic heterocycles. The average Bonchev–Trinajstić information content (AvgIpc) is 2.63. The van der Waals surface area contributed by atoms with E-state index in [9.17, 15) is 4.21 Å². The minimum absolute atomic E-state index is 0.0479. The predicted molar refractivity (Wildman–Crippen MR) is 67.8 cm³/mol. The zero-order valence-corrected chi connectivity index (χ0v) is 11.0. The van der Waals surface area contributed by atoms with Gasteiger partial charge in [-0.1, -0.05) is 11.6 Å². The van der Waals surface area contributed by atoms with Gasteiger partial charge in [-0.05, 0) is 6.92 Å². The molecule has 17 heavy (non-hydrogen) atoms. The molecular formula is C9H12ClN5OS. The summed E-state index contributed by atoms with van der Waals surface area (Å²) in [6.45, 7) is 1.94. The van der Waals surface area contributed by atoms with Gasteiger partial charge in [0.15, 0.2) is 0 Å². The number of nitrogens with zero attached hydrogens (tertiary/aromatic N) is 4. The standard InChI is InChI=1S/C9H12ClN5OS/c1-6(4-17(2)16)13-8-3-7(10)14-9-11-5-12-15(8)9/h3,5-6,13H,4H2,1-2H3. The zero-order chi connectivity index (χ0) is 12.4. The van der Waals surface area contributed by atoms with E-state index in [-0.39, 0.29) is 6.04 Å². The van der Waals surface area contributed by atoms with Crippen molar-refractivity contribution in [2.24, 2.45) is 0 Å². The van der Waals surface area contributed by atoms with Crippen molar-refractivity contribution in [3.63, 3.8) is 0 Å². The van der Waals surface area contributed by atoms with E-state index in [0.717, 1.165) is 0 Å². The summed E-state index contributed by atoms with van der Waals surface area (Å²) in [4.78, 5) is 7.98. The number of rotatable bonds is 4. The largest absolute Gasteiger partial charge is 0.366 e. The van der Waals surface area contributed by atoms with Crippen LogP contribution in [-0.4, -0.2) is 41.8 Å². The van der Waals surface area contributed by atoms with Crippen LogP contribution in [0.15, 0.2) is 12.4 Å². The summed E-state index contributed by atoms with van der Waals surface area (Å²) in [5.74, 6) is 1.68. The van der Waals surface area contributed by atoms with Gasteiger partial charge >= 0.3 is 0 Å². The van der Waals surface area contributed by atoms with Crippen LogP contribution in [0.25, 0.3) is 5.78 Å². The van der Waals surface area contributed by atoms with Gasteiger partial charge in [-0.25, -0.2) is 0 Å². The quantitative estimate of drug-likeness (QED) is 0.840. The van der Waals surface area contributed by atoms with Gasteiger partial charge in [-0.15, -0.1) is 0 Å². The highest BCUT2D eigenvalue weighted by molar-refractivity contribution is 7.84. The smallest absolute Gasteiger partial charge is 0.255 e. The van der Waals surface area contributed by atoms with Crippen molar-refractivity contribution in [3.05, 3.63) is 17.5 Å². The molecule has 0 aliphatic carbocycles. The number of anilines is 1. The summed E-state index contributed by atoms with van der Waals surface area (Å²) in [6, 6.07) is 1.71. The second-order valence-corrected chi connectivity index (χ2v) is 5.59. The Morgan fingerprint density at radius 3 is 3.12 bits per heavy atom. The molecule has 0 fully saturated rings. The van der Waals surface area contributed by atoms with Crippen LogP contribution in [0.1, 0.15) is 6.92 Å². The first kappa shape index (κ1) is 12.3. The van der Waals surface area contributed by atoms with E-state index in [2.05, 4.69) is 20.4 Å². The molecule has 2 heterocycles. The lowest BCUT2D eigenvalue weighted by atomic mass is 10.4. The van der Waals surface area contributed by atoms with Gasteiger partial charge < -0.3 is 5.32 Å². The first-order valence-corrected chi connectivity index (χ1v) is 7.09. The topological polar surface area (TPSA) is 72.2 Å². The fourth-order valence-electron chi connectivity index (χ4n) is 1.53. The van der Waals surface area contributed by atoms with Gasteiger partial charge in [0.2, 0.25) is 0 Å². The van der Waals surface area contributed by atoms with Crippen LogP contribution >= 0.6 is 11.6 Å². The van der Waals surface area contributed by atoms with Crippen LogP contribution < -0.4 is 5.32 Å². The lowest BCUT2D eigenvalue weighted by Crippen LogP contribution is -2.23. The highest BCUT2D eigenvalue weighted by atomic mass is 35.5. The van der Waals surface area contributed by atoms with Crippen LogP contribution in [0, 0.1) is 0 Å². The molecule has 2 rings (SSSR count). The summed E-state index contributed by atoms with van der Waals surface area (Å²) in [5, 5.41) is 7.57. The van der Waals surface area contributed by atoms with E-state index in [1.165, 1.54) is 6.33 Å². The SMILES string of the molecule is CC(CS(C)=O)Nc1cc(Cl)nc2ncnn12. The third-order valence-electron chi connectivity index (χ3n) is 2.10. The Morgan fingerprint density at radius 2 is 2.41 bits per heavy atom. The number of hydrogen-bond donors (Lipinski definition) is 1. The normalized spacial score (nSPS) is 14.8. The monoisotopic (exact) mass is 273 g/mol. The summed E-state index contributed by atoms with van der Waals surface area (Å²) in [6.07, 6.45) is 3.08. The van der Waals surface area contributed by atoms with Crippen molar-refractivity contribution >= 4 is 34.0 Å². The van der Waals surface area contributed by atoms with Gasteiger partial charge in [0.25, 0.3) is 5.78 Å². The molecular weight excluding hydrogens is 262 g/mol. The molecule has 0 aliphatic rings. The summed E-state index contributed by atoms with van der Waals surface area (Å²) >= 11 is 5.88. The molecule has 1 N–H and O–H groups in total. The van der Waals surface area contributed by atoms with E-state index in [0.29, 0.717) is 22.5 Å². The molecule has 0 bridgehead atoms. The van der Waals surface area contributed by atoms with Gasteiger partial charge in [-0.2, -0.15) is 19.6 Å². The summed E-state index contributed by atoms with van der Waals surface area (Å²) < 4.78 is 12.7. The van der Waals surface area contributed by atoms with Crippen LogP contribution in [0.4, 0.5) is 5.82 Å². The minimum Gasteiger partial charge on any atom is -0.366 e. The van der Waals surface area contributed by atoms with Gasteiger partial charge in [0.05, 0.1) is 0 Å². The summed E-state index contributed by atoms with van der Waals surface area (Å²) in [5.41, 5.74) is 0. The Bertz CT molecular complexity index is 557. The van der Waals surface area contributed by atoms with Gasteiger partial charge in [-0.3, -0.25) is 4.21 Å². The zero-order valence-electron chi connectivity index (χ0n) is 9.42. The number of hydrogen-bond acceptors (Lipinski definition) is 5. The van der Waals surface area contributed by atoms with Gasteiger partial charge in [0, 0.05) is 34.9 Å². The van der Waals surface area contributed by atoms with Crippen LogP contribution in [0.5, 0.6) is 0 Å². The second kappa shape index (κ2) is 4.97. The second-order valence-electron chi connectivity index (χ2n) is 3.72. The van der Waals surface area contributed by atoms with Crippen molar-refractivity contribution < 1.29 is 4.21 Å². The molecule has 92 valence electrons. The number of nitrogens with one attached hydrogen (secondary N) is 1. The lowest BCUT2D eigenvalue weighted by molar-refractivity contribution is 0.682. The molecule has 6 nitrogen and oxygen atoms in total. The van der Waals surface area contributed by atoms with Crippen LogP contribution in [-0.2, 0) is 10.8 Å². The van der Waals surface area contributed by atoms with Crippen molar-refractivity contribution in [1.82, 2.24) is 19.6 Å². The Labute approximate surface area is 106 Å². The summed E-state index contributed by atoms with van der Waals surface area (Å²) in [7, 11) is -0.855. The molecule has 0 saturated heterocycles. The third kappa shape index (κ3) is 2.92. The number of fused-ring (bicyclic) bond motifs is 1. The lowest BCUT2D eigenvalue weighted by Gasteiger charge is -2.14. The van der Waals surface area contributed by atoms with Crippen molar-refractivity contribution in [2.75, 3.05) is 17.3 Å². The van der Waals surface area contributed by atoms with Crippen molar-refractivity contribution in [1.29, 1.82) is 0 Å². The molecule has 8 heteroatoms. The fraction of sp³-hybridized carbons (Fsp3) is 0.444. The Hall–Kier alpha value is -1.21. The van der Waals surface area contributed by atoms with E-state index >= 15 is 0 Å². The molecule has 0 aliphatic heterocycles. The molecule has 2 unspecified atom stereocenters. The first-order chi connectivity index (χ1) is 8.06. The maximum atomic E-state index is 11.1. The minimum atomic E-state index is -0.855. The third-order valence-corrected chi connectivity index (χ3v) is 3.26. The van der Waals surface area contributed by atoms with Crippen molar-refractivity contribution in [3.8, 4) is 0 Å². The average molecular weight is 274 g/mol. The molecule has 0 radical (unpaired) electrons. The maximum absolute atomic E-state index is 11.1. The van der Waals surface area contributed by atoms with Crippen LogP contribution in [0.3, 0.4) is 0 Å². The van der Waals surface area contributed by atoms with E-state index < -0.39 is 10.8 Å². The number of halogens is 1. The molecule has 0 saturated carbocycles. The van der Waals surface area contributed by atoms with Crippen molar-refractivity contribution in [2.45, 2.75) is 13.0 Å². The van der Waals surface area contributed by atoms with E-state index in [1.807, 2.05) is 6.92 Å². The van der Waals surface area contributed by atoms with E-state index in [1.54, 1.807) is 16.8 Å². The predicted octanol–water partition coefficient (Wildman–Crippen LogP) is 0.957. The molecule has 0 spiro atoms. The van der Waals surface area contributed by atoms with Crippen LogP contribution in [0.2, 0.25) is 5.15 Å². The highest BCUT2D eigenvalue weighted by Crippen LogP contribution is 2.15. The molecule has 2 aromatic rings. The maximum Gasteiger partial charge on any atom is 0.255 e.